The molecule has 0 unspecified atom stereocenters. The van der Waals surface area contributed by atoms with Gasteiger partial charge in [0.05, 0.1) is 7.11 Å². The van der Waals surface area contributed by atoms with Gasteiger partial charge in [-0.15, -0.1) is 0 Å². The number of carbonyl (C=O) groups is 3. The van der Waals surface area contributed by atoms with Gasteiger partial charge in [-0.2, -0.15) is 0 Å². The second-order valence-corrected chi connectivity index (χ2v) is 5.15. The Kier molecular flexibility index (Phi) is 6.34. The minimum Gasteiger partial charge on any atom is -0.497 e. The van der Waals surface area contributed by atoms with Gasteiger partial charge in [0.2, 0.25) is 0 Å². The van der Waals surface area contributed by atoms with Crippen LogP contribution in [0.5, 0.6) is 5.75 Å². The van der Waals surface area contributed by atoms with Crippen LogP contribution in [0, 0.1) is 6.92 Å². The maximum atomic E-state index is 11.9. The molecule has 0 aliphatic heterocycles. The fourth-order valence-electron chi connectivity index (χ4n) is 2.01. The summed E-state index contributed by atoms with van der Waals surface area (Å²) in [7, 11) is 1.51. The van der Waals surface area contributed by atoms with E-state index in [4.69, 9.17) is 19.0 Å². The first kappa shape index (κ1) is 19.0. The molecule has 0 aliphatic carbocycles. The molecule has 26 heavy (non-hydrogen) atoms. The van der Waals surface area contributed by atoms with Gasteiger partial charge in [-0.3, -0.25) is 20.4 Å². The van der Waals surface area contributed by atoms with Crippen molar-refractivity contribution in [2.45, 2.75) is 13.5 Å². The van der Waals surface area contributed by atoms with Crippen molar-refractivity contribution < 1.29 is 33.4 Å². The van der Waals surface area contributed by atoms with Crippen molar-refractivity contribution in [1.82, 2.24) is 10.9 Å². The summed E-state index contributed by atoms with van der Waals surface area (Å²) in [5.74, 6) is -0.953. The molecular formula is C17H18N2O7. The molecular weight excluding hydrogens is 344 g/mol. The number of ether oxygens (including phenoxy) is 2. The number of furan rings is 1. The van der Waals surface area contributed by atoms with Crippen molar-refractivity contribution in [2.75, 3.05) is 13.7 Å². The summed E-state index contributed by atoms with van der Waals surface area (Å²) in [6.07, 6.45) is 0. The summed E-state index contributed by atoms with van der Waals surface area (Å²) in [4.78, 5) is 35.4. The number of aliphatic hydroxyl groups excluding tert-OH is 1. The molecule has 0 bridgehead atoms. The van der Waals surface area contributed by atoms with Crippen molar-refractivity contribution in [3.63, 3.8) is 0 Å². The van der Waals surface area contributed by atoms with Crippen LogP contribution in [0.1, 0.15) is 32.2 Å². The van der Waals surface area contributed by atoms with Gasteiger partial charge in [0, 0.05) is 5.56 Å². The molecule has 2 rings (SSSR count). The molecule has 3 N–H and O–H groups in total. The van der Waals surface area contributed by atoms with Crippen LogP contribution in [0.3, 0.4) is 0 Å². The van der Waals surface area contributed by atoms with E-state index >= 15 is 0 Å². The van der Waals surface area contributed by atoms with Gasteiger partial charge < -0.3 is 19.0 Å². The van der Waals surface area contributed by atoms with Gasteiger partial charge >= 0.3 is 5.97 Å². The van der Waals surface area contributed by atoms with Crippen LogP contribution >= 0.6 is 0 Å². The number of hydrazine groups is 1. The van der Waals surface area contributed by atoms with Crippen molar-refractivity contribution in [3.05, 3.63) is 53.0 Å². The lowest BCUT2D eigenvalue weighted by Gasteiger charge is -2.08. The molecule has 0 atom stereocenters. The highest BCUT2D eigenvalue weighted by Gasteiger charge is 2.17. The van der Waals surface area contributed by atoms with E-state index in [0.717, 1.165) is 0 Å². The van der Waals surface area contributed by atoms with Crippen molar-refractivity contribution in [3.8, 4) is 5.75 Å². The topological polar surface area (TPSA) is 127 Å². The minimum absolute atomic E-state index is 0.115. The molecule has 2 aromatic rings. The van der Waals surface area contributed by atoms with Gasteiger partial charge in [0.15, 0.2) is 6.61 Å². The molecule has 138 valence electrons. The Hall–Kier alpha value is -3.33. The zero-order chi connectivity index (χ0) is 19.1. The van der Waals surface area contributed by atoms with Crippen molar-refractivity contribution in [1.29, 1.82) is 0 Å². The molecule has 0 spiro atoms. The Morgan fingerprint density at radius 3 is 2.42 bits per heavy atom. The predicted octanol–water partition coefficient (Wildman–Crippen LogP) is 0.707. The maximum Gasteiger partial charge on any atom is 0.342 e. The molecule has 1 aromatic heterocycles. The number of hydrogen-bond acceptors (Lipinski definition) is 7. The van der Waals surface area contributed by atoms with E-state index in [1.165, 1.54) is 32.2 Å². The van der Waals surface area contributed by atoms with E-state index in [1.54, 1.807) is 12.1 Å². The number of carbonyl (C=O) groups excluding carboxylic acids is 3. The summed E-state index contributed by atoms with van der Waals surface area (Å²) in [6, 6.07) is 7.60. The lowest BCUT2D eigenvalue weighted by Crippen LogP contribution is -2.43. The quantitative estimate of drug-likeness (QED) is 0.510. The van der Waals surface area contributed by atoms with Crippen LogP contribution in [0.2, 0.25) is 0 Å². The number of aliphatic hydroxyl groups is 1. The second kappa shape index (κ2) is 8.67. The van der Waals surface area contributed by atoms with Gasteiger partial charge in [-0.05, 0) is 37.3 Å². The average Bonchev–Trinajstić information content (AvgIpc) is 3.05. The highest BCUT2D eigenvalue weighted by molar-refractivity contribution is 5.96. The molecule has 0 fully saturated rings. The lowest BCUT2D eigenvalue weighted by molar-refractivity contribution is -0.125. The smallest absolute Gasteiger partial charge is 0.342 e. The number of benzene rings is 1. The molecule has 9 heteroatoms. The molecule has 1 aromatic carbocycles. The zero-order valence-electron chi connectivity index (χ0n) is 14.2. The molecule has 2 amide bonds. The normalized spacial score (nSPS) is 10.1. The van der Waals surface area contributed by atoms with Gasteiger partial charge in [-0.1, -0.05) is 0 Å². The van der Waals surface area contributed by atoms with Crippen LogP contribution in [-0.4, -0.2) is 36.6 Å². The lowest BCUT2D eigenvalue weighted by atomic mass is 10.2. The Morgan fingerprint density at radius 1 is 1.15 bits per heavy atom. The third-order valence-corrected chi connectivity index (χ3v) is 3.35. The van der Waals surface area contributed by atoms with Gasteiger partial charge in [-0.25, -0.2) is 4.79 Å². The highest BCUT2D eigenvalue weighted by Crippen LogP contribution is 2.15. The van der Waals surface area contributed by atoms with Gasteiger partial charge in [0.25, 0.3) is 11.8 Å². The number of amides is 2. The van der Waals surface area contributed by atoms with E-state index in [2.05, 4.69) is 10.9 Å². The van der Waals surface area contributed by atoms with Crippen molar-refractivity contribution >= 4 is 17.8 Å². The van der Waals surface area contributed by atoms with Crippen LogP contribution in [0.4, 0.5) is 0 Å². The second-order valence-electron chi connectivity index (χ2n) is 5.15. The first-order chi connectivity index (χ1) is 12.4. The first-order valence-corrected chi connectivity index (χ1v) is 7.55. The summed E-state index contributed by atoms with van der Waals surface area (Å²) in [6.45, 7) is 0.581. The van der Waals surface area contributed by atoms with E-state index in [1.807, 2.05) is 0 Å². The Balaban J connectivity index is 1.80. The molecule has 9 nitrogen and oxygen atoms in total. The Bertz CT molecular complexity index is 796. The number of methoxy groups -OCH3 is 1. The van der Waals surface area contributed by atoms with Crippen LogP contribution < -0.4 is 15.6 Å². The third-order valence-electron chi connectivity index (χ3n) is 3.35. The Labute approximate surface area is 148 Å². The summed E-state index contributed by atoms with van der Waals surface area (Å²) in [5, 5.41) is 8.96. The number of hydrogen-bond donors (Lipinski definition) is 3. The molecule has 0 radical (unpaired) electrons. The Morgan fingerprint density at radius 2 is 1.85 bits per heavy atom. The standard InChI is InChI=1S/C17H18N2O7/c1-10-14(7-13(8-20)26-10)17(23)25-9-15(21)18-19-16(22)11-3-5-12(24-2)6-4-11/h3-7,20H,8-9H2,1-2H3,(H,18,21)(H,19,22). The average molecular weight is 362 g/mol. The zero-order valence-corrected chi connectivity index (χ0v) is 14.2. The minimum atomic E-state index is -0.775. The molecule has 0 saturated heterocycles. The number of rotatable bonds is 6. The molecule has 0 saturated carbocycles. The molecule has 0 aliphatic rings. The van der Waals surface area contributed by atoms with Crippen LogP contribution in [0.25, 0.3) is 0 Å². The highest BCUT2D eigenvalue weighted by atomic mass is 16.5. The van der Waals surface area contributed by atoms with E-state index in [9.17, 15) is 14.4 Å². The van der Waals surface area contributed by atoms with E-state index in [-0.39, 0.29) is 23.7 Å². The largest absolute Gasteiger partial charge is 0.497 e. The molecule has 1 heterocycles. The summed E-state index contributed by atoms with van der Waals surface area (Å²) >= 11 is 0. The van der Waals surface area contributed by atoms with Crippen molar-refractivity contribution in [2.24, 2.45) is 0 Å². The van der Waals surface area contributed by atoms with Gasteiger partial charge in [0.1, 0.15) is 29.4 Å². The van der Waals surface area contributed by atoms with Crippen LogP contribution in [0.15, 0.2) is 34.7 Å². The summed E-state index contributed by atoms with van der Waals surface area (Å²) in [5.41, 5.74) is 4.77. The van der Waals surface area contributed by atoms with Crippen LogP contribution in [-0.2, 0) is 16.1 Å². The SMILES string of the molecule is COc1ccc(C(=O)NNC(=O)COC(=O)c2cc(CO)oc2C)cc1. The van der Waals surface area contributed by atoms with E-state index < -0.39 is 24.4 Å². The summed E-state index contributed by atoms with van der Waals surface area (Å²) < 4.78 is 14.9. The third kappa shape index (κ3) is 4.84. The number of aryl methyl sites for hydroxylation is 1. The monoisotopic (exact) mass is 362 g/mol. The number of nitrogens with one attached hydrogen (secondary N) is 2. The maximum absolute atomic E-state index is 11.9. The number of esters is 1. The van der Waals surface area contributed by atoms with E-state index in [0.29, 0.717) is 11.3 Å². The first-order valence-electron chi connectivity index (χ1n) is 7.55. The predicted molar refractivity (Wildman–Crippen MR) is 88.3 cm³/mol. The fourth-order valence-corrected chi connectivity index (χ4v) is 2.01. The fraction of sp³-hybridized carbons (Fsp3) is 0.235.